The Morgan fingerprint density at radius 2 is 1.60 bits per heavy atom. The molecule has 0 aromatic carbocycles. The lowest BCUT2D eigenvalue weighted by Gasteiger charge is -2.70. The monoisotopic (exact) mass is 852 g/mol. The second-order valence-electron chi connectivity index (χ2n) is 20.3. The van der Waals surface area contributed by atoms with Gasteiger partial charge in [0.25, 0.3) is 0 Å². The minimum absolute atomic E-state index is 0.0229. The molecule has 20 atom stereocenters. The van der Waals surface area contributed by atoms with E-state index in [-0.39, 0.29) is 59.5 Å². The number of rotatable bonds is 10. The summed E-state index contributed by atoms with van der Waals surface area (Å²) in [4.78, 5) is 38.1. The third-order valence-corrected chi connectivity index (χ3v) is 16.8. The van der Waals surface area contributed by atoms with E-state index in [1.807, 2.05) is 0 Å². The van der Waals surface area contributed by atoms with Crippen molar-refractivity contribution in [1.29, 1.82) is 0 Å². The SMILES string of the molecule is CC(=O)O[C@@H](C[C@@H]1C=C(C)C(=O)O1)[C@H](C)[C@H]1CC[C@@H]2[C@@]3(C)CC[C@H](O[C@@H]4O[C@H](CO)[C@@H](O)[C@H](O)[C@H]4O[C@@H]4O[C@@H](C)[C@H](O)[C@@H](O)[C@H]4O)C(C)(C)C3CC[C@@]2(C)[C@@]12COC(=O)C2. The topological polar surface area (TPSA) is 237 Å². The van der Waals surface area contributed by atoms with Gasteiger partial charge in [-0.2, -0.15) is 0 Å². The third kappa shape index (κ3) is 7.55. The fourth-order valence-electron chi connectivity index (χ4n) is 13.6. The lowest BCUT2D eigenvalue weighted by Crippen LogP contribution is -2.67. The molecule has 0 radical (unpaired) electrons. The van der Waals surface area contributed by atoms with E-state index in [4.69, 9.17) is 33.2 Å². The van der Waals surface area contributed by atoms with Gasteiger partial charge < -0.3 is 63.8 Å². The molecule has 4 aliphatic heterocycles. The summed E-state index contributed by atoms with van der Waals surface area (Å²) in [6, 6.07) is 0. The van der Waals surface area contributed by atoms with Crippen molar-refractivity contribution in [3.05, 3.63) is 11.6 Å². The van der Waals surface area contributed by atoms with E-state index < -0.39 is 103 Å². The second kappa shape index (κ2) is 16.7. The van der Waals surface area contributed by atoms with Crippen molar-refractivity contribution in [2.45, 2.75) is 186 Å². The number of hydrogen-bond donors (Lipinski definition) is 6. The second-order valence-corrected chi connectivity index (χ2v) is 20.3. The van der Waals surface area contributed by atoms with Crippen molar-refractivity contribution >= 4 is 17.9 Å². The van der Waals surface area contributed by atoms with Gasteiger partial charge in [-0.25, -0.2) is 4.79 Å². The molecule has 3 saturated carbocycles. The van der Waals surface area contributed by atoms with Crippen LogP contribution in [0.25, 0.3) is 0 Å². The molecular formula is C44H68O16. The zero-order valence-electron chi connectivity index (χ0n) is 36.2. The average molecular weight is 853 g/mol. The van der Waals surface area contributed by atoms with Crippen LogP contribution in [-0.2, 0) is 47.5 Å². The molecule has 0 aromatic heterocycles. The highest BCUT2D eigenvalue weighted by Gasteiger charge is 2.71. The molecular weight excluding hydrogens is 784 g/mol. The largest absolute Gasteiger partial charge is 0.465 e. The number of esters is 3. The first kappa shape index (κ1) is 45.8. The summed E-state index contributed by atoms with van der Waals surface area (Å²) < 4.78 is 42.1. The molecule has 3 saturated heterocycles. The Hall–Kier alpha value is -2.25. The van der Waals surface area contributed by atoms with Crippen LogP contribution in [0.1, 0.15) is 107 Å². The summed E-state index contributed by atoms with van der Waals surface area (Å²) in [6.45, 7) is 15.4. The molecule has 6 N–H and O–H groups in total. The molecule has 4 heterocycles. The summed E-state index contributed by atoms with van der Waals surface area (Å²) in [5.41, 5.74) is -0.995. The van der Waals surface area contributed by atoms with E-state index in [1.165, 1.54) is 13.8 Å². The highest BCUT2D eigenvalue weighted by Crippen LogP contribution is 2.74. The zero-order valence-corrected chi connectivity index (χ0v) is 36.2. The normalized spacial score (nSPS) is 48.6. The highest BCUT2D eigenvalue weighted by molar-refractivity contribution is 5.90. The van der Waals surface area contributed by atoms with Crippen molar-refractivity contribution < 1.29 is 78.2 Å². The minimum atomic E-state index is -1.68. The molecule has 16 heteroatoms. The summed E-state index contributed by atoms with van der Waals surface area (Å²) >= 11 is 0. The first-order chi connectivity index (χ1) is 28.1. The Balaban J connectivity index is 1.13. The van der Waals surface area contributed by atoms with Crippen molar-refractivity contribution in [3.63, 3.8) is 0 Å². The Morgan fingerprint density at radius 3 is 2.22 bits per heavy atom. The van der Waals surface area contributed by atoms with Crippen LogP contribution in [0, 0.1) is 45.3 Å². The van der Waals surface area contributed by atoms with Gasteiger partial charge in [-0.15, -0.1) is 0 Å². The van der Waals surface area contributed by atoms with Crippen LogP contribution in [0.4, 0.5) is 0 Å². The van der Waals surface area contributed by atoms with Crippen LogP contribution < -0.4 is 0 Å². The van der Waals surface area contributed by atoms with Crippen molar-refractivity contribution in [2.24, 2.45) is 45.3 Å². The zero-order chi connectivity index (χ0) is 43.9. The first-order valence-corrected chi connectivity index (χ1v) is 21.9. The van der Waals surface area contributed by atoms with Crippen molar-refractivity contribution in [2.75, 3.05) is 13.2 Å². The molecule has 16 nitrogen and oxygen atoms in total. The maximum Gasteiger partial charge on any atom is 0.334 e. The standard InChI is InChI=1S/C44H68O16/c1-20-15-24(57-38(20)53)16-26(56-23(4)46)21(2)25-9-10-29-42(7)13-12-30(41(5,6)28(42)11-14-43(29,8)44(25)17-31(47)54-19-44)59-40-37(35(51)33(49)27(18-45)58-40)60-39-36(52)34(50)32(48)22(3)55-39/h15,21-22,24-30,32-37,39-40,45,48-52H,9-14,16-19H2,1-8H3/t21-,22+,24+,25-,26+,27-,28?,29-,30+,32+,33-,34-,35+,36-,37-,39+,40+,42+,43-,44+/m1/s1. The lowest BCUT2D eigenvalue weighted by atomic mass is 9.34. The molecule has 340 valence electrons. The third-order valence-electron chi connectivity index (χ3n) is 16.8. The number of hydrogen-bond acceptors (Lipinski definition) is 16. The van der Waals surface area contributed by atoms with Crippen LogP contribution in [0.15, 0.2) is 11.6 Å². The Bertz CT molecular complexity index is 1650. The minimum Gasteiger partial charge on any atom is -0.465 e. The fraction of sp³-hybridized carbons (Fsp3) is 0.886. The summed E-state index contributed by atoms with van der Waals surface area (Å²) in [5, 5.41) is 63.8. The molecule has 7 rings (SSSR count). The van der Waals surface area contributed by atoms with Crippen LogP contribution in [0.5, 0.6) is 0 Å². The average Bonchev–Trinajstić information content (AvgIpc) is 3.73. The molecule has 0 amide bonds. The number of aliphatic hydroxyl groups excluding tert-OH is 6. The molecule has 0 bridgehead atoms. The van der Waals surface area contributed by atoms with Crippen LogP contribution >= 0.6 is 0 Å². The van der Waals surface area contributed by atoms with E-state index >= 15 is 0 Å². The molecule has 60 heavy (non-hydrogen) atoms. The predicted octanol–water partition coefficient (Wildman–Crippen LogP) is 2.06. The molecule has 1 spiro atoms. The van der Waals surface area contributed by atoms with E-state index in [2.05, 4.69) is 34.6 Å². The molecule has 0 aromatic rings. The Labute approximate surface area is 352 Å². The van der Waals surface area contributed by atoms with E-state index in [9.17, 15) is 45.0 Å². The van der Waals surface area contributed by atoms with Gasteiger partial charge in [-0.3, -0.25) is 9.59 Å². The van der Waals surface area contributed by atoms with Crippen LogP contribution in [0.3, 0.4) is 0 Å². The number of aliphatic hydroxyl groups is 6. The maximum absolute atomic E-state index is 13.3. The molecule has 6 fully saturated rings. The van der Waals surface area contributed by atoms with Gasteiger partial charge in [-0.1, -0.05) is 34.6 Å². The van der Waals surface area contributed by atoms with Gasteiger partial charge in [0.2, 0.25) is 0 Å². The van der Waals surface area contributed by atoms with Gasteiger partial charge >= 0.3 is 17.9 Å². The fourth-order valence-corrected chi connectivity index (χ4v) is 13.6. The Morgan fingerprint density at radius 1 is 0.883 bits per heavy atom. The van der Waals surface area contributed by atoms with E-state index in [0.29, 0.717) is 18.4 Å². The predicted molar refractivity (Wildman–Crippen MR) is 209 cm³/mol. The summed E-state index contributed by atoms with van der Waals surface area (Å²) in [6.07, 6.45) is -8.62. The van der Waals surface area contributed by atoms with Gasteiger partial charge in [-0.05, 0) is 98.4 Å². The van der Waals surface area contributed by atoms with Crippen molar-refractivity contribution in [3.8, 4) is 0 Å². The van der Waals surface area contributed by atoms with Gasteiger partial charge in [0.05, 0.1) is 31.8 Å². The number of ether oxygens (including phenoxy) is 7. The number of fused-ring (bicyclic) bond motifs is 4. The van der Waals surface area contributed by atoms with Crippen LogP contribution in [-0.4, -0.2) is 141 Å². The number of carbonyl (C=O) groups is 3. The quantitative estimate of drug-likeness (QED) is 0.105. The molecule has 1 unspecified atom stereocenters. The van der Waals surface area contributed by atoms with E-state index in [1.54, 1.807) is 13.0 Å². The molecule has 7 aliphatic rings. The van der Waals surface area contributed by atoms with Gasteiger partial charge in [0, 0.05) is 24.3 Å². The smallest absolute Gasteiger partial charge is 0.334 e. The highest BCUT2D eigenvalue weighted by atomic mass is 16.8. The van der Waals surface area contributed by atoms with Gasteiger partial charge in [0.1, 0.15) is 54.9 Å². The summed E-state index contributed by atoms with van der Waals surface area (Å²) in [7, 11) is 0. The van der Waals surface area contributed by atoms with E-state index in [0.717, 1.165) is 32.1 Å². The maximum atomic E-state index is 13.3. The van der Waals surface area contributed by atoms with Crippen molar-refractivity contribution in [1.82, 2.24) is 0 Å². The van der Waals surface area contributed by atoms with Gasteiger partial charge in [0.15, 0.2) is 12.6 Å². The summed E-state index contributed by atoms with van der Waals surface area (Å²) in [5.74, 6) is -0.875. The number of cyclic esters (lactones) is 2. The first-order valence-electron chi connectivity index (χ1n) is 21.9. The Kier molecular flexibility index (Phi) is 12.7. The molecule has 3 aliphatic carbocycles. The lowest BCUT2D eigenvalue weighted by molar-refractivity contribution is -0.376. The number of carbonyl (C=O) groups excluding carboxylic acids is 3. The van der Waals surface area contributed by atoms with Crippen LogP contribution in [0.2, 0.25) is 0 Å².